The van der Waals surface area contributed by atoms with Crippen molar-refractivity contribution in [2.45, 2.75) is 0 Å². The first kappa shape index (κ1) is 16.8. The standard InChI is InChI=1S/C14H22N4O3/c1-18(2)12-5-4-10(8-11(12)15)14(20)17-9-13(19)16-6-7-21-3/h4-5,8H,6-7,9,15H2,1-3H3,(H,16,19)(H,17,20). The molecule has 0 aliphatic carbocycles. The summed E-state index contributed by atoms with van der Waals surface area (Å²) < 4.78 is 4.81. The minimum atomic E-state index is -0.339. The molecule has 0 bridgehead atoms. The smallest absolute Gasteiger partial charge is 0.251 e. The highest BCUT2D eigenvalue weighted by molar-refractivity contribution is 5.98. The monoisotopic (exact) mass is 294 g/mol. The summed E-state index contributed by atoms with van der Waals surface area (Å²) in [4.78, 5) is 25.2. The van der Waals surface area contributed by atoms with E-state index in [1.165, 1.54) is 0 Å². The molecule has 0 fully saturated rings. The quantitative estimate of drug-likeness (QED) is 0.479. The fraction of sp³-hybridized carbons (Fsp3) is 0.429. The van der Waals surface area contributed by atoms with Crippen LogP contribution in [0.2, 0.25) is 0 Å². The van der Waals surface area contributed by atoms with E-state index in [2.05, 4.69) is 10.6 Å². The Hall–Kier alpha value is -2.28. The zero-order chi connectivity index (χ0) is 15.8. The van der Waals surface area contributed by atoms with Gasteiger partial charge in [-0.15, -0.1) is 0 Å². The number of methoxy groups -OCH3 is 1. The SMILES string of the molecule is COCCNC(=O)CNC(=O)c1ccc(N(C)C)c(N)c1. The van der Waals surface area contributed by atoms with Gasteiger partial charge in [-0.1, -0.05) is 0 Å². The third kappa shape index (κ3) is 5.31. The molecule has 0 atom stereocenters. The van der Waals surface area contributed by atoms with Crippen LogP contribution in [0.15, 0.2) is 18.2 Å². The molecule has 0 heterocycles. The molecule has 0 saturated heterocycles. The van der Waals surface area contributed by atoms with Crippen LogP contribution in [0.3, 0.4) is 0 Å². The lowest BCUT2D eigenvalue weighted by molar-refractivity contribution is -0.120. The second-order valence-corrected chi connectivity index (χ2v) is 4.69. The number of amides is 2. The third-order valence-electron chi connectivity index (χ3n) is 2.81. The Morgan fingerprint density at radius 2 is 2.00 bits per heavy atom. The Morgan fingerprint density at radius 3 is 2.57 bits per heavy atom. The number of nitrogens with zero attached hydrogens (tertiary/aromatic N) is 1. The molecule has 0 saturated carbocycles. The second-order valence-electron chi connectivity index (χ2n) is 4.69. The van der Waals surface area contributed by atoms with E-state index in [4.69, 9.17) is 10.5 Å². The zero-order valence-electron chi connectivity index (χ0n) is 12.6. The van der Waals surface area contributed by atoms with E-state index < -0.39 is 0 Å². The van der Waals surface area contributed by atoms with E-state index in [9.17, 15) is 9.59 Å². The highest BCUT2D eigenvalue weighted by Crippen LogP contribution is 2.22. The van der Waals surface area contributed by atoms with Gasteiger partial charge in [-0.25, -0.2) is 0 Å². The summed E-state index contributed by atoms with van der Waals surface area (Å²) in [6.45, 7) is 0.760. The molecule has 0 radical (unpaired) electrons. The summed E-state index contributed by atoms with van der Waals surface area (Å²) in [6, 6.07) is 5.03. The second kappa shape index (κ2) is 8.11. The van der Waals surface area contributed by atoms with Crippen molar-refractivity contribution >= 4 is 23.2 Å². The van der Waals surface area contributed by atoms with Crippen LogP contribution in [0.1, 0.15) is 10.4 Å². The zero-order valence-corrected chi connectivity index (χ0v) is 12.6. The number of anilines is 2. The highest BCUT2D eigenvalue weighted by atomic mass is 16.5. The first-order valence-corrected chi connectivity index (χ1v) is 6.56. The van der Waals surface area contributed by atoms with Crippen LogP contribution in [0.4, 0.5) is 11.4 Å². The lowest BCUT2D eigenvalue weighted by atomic mass is 10.1. The molecule has 116 valence electrons. The molecule has 0 aliphatic heterocycles. The molecule has 1 aromatic rings. The normalized spacial score (nSPS) is 10.0. The molecular formula is C14H22N4O3. The van der Waals surface area contributed by atoms with Gasteiger partial charge in [0.15, 0.2) is 0 Å². The van der Waals surface area contributed by atoms with Gasteiger partial charge in [-0.05, 0) is 18.2 Å². The van der Waals surface area contributed by atoms with Crippen LogP contribution in [-0.4, -0.2) is 52.7 Å². The number of hydrogen-bond acceptors (Lipinski definition) is 5. The van der Waals surface area contributed by atoms with Gasteiger partial charge in [0.25, 0.3) is 5.91 Å². The van der Waals surface area contributed by atoms with E-state index in [0.29, 0.717) is 24.4 Å². The van der Waals surface area contributed by atoms with Crippen LogP contribution in [0, 0.1) is 0 Å². The van der Waals surface area contributed by atoms with E-state index in [1.54, 1.807) is 25.3 Å². The van der Waals surface area contributed by atoms with Crippen molar-refractivity contribution in [3.8, 4) is 0 Å². The van der Waals surface area contributed by atoms with Gasteiger partial charge in [0.05, 0.1) is 24.5 Å². The molecule has 7 heteroatoms. The lowest BCUT2D eigenvalue weighted by Gasteiger charge is -2.15. The van der Waals surface area contributed by atoms with Crippen LogP contribution in [-0.2, 0) is 9.53 Å². The van der Waals surface area contributed by atoms with Crippen molar-refractivity contribution in [3.05, 3.63) is 23.8 Å². The number of rotatable bonds is 7. The number of ether oxygens (including phenoxy) is 1. The minimum Gasteiger partial charge on any atom is -0.397 e. The molecular weight excluding hydrogens is 272 g/mol. The Labute approximate surface area is 124 Å². The van der Waals surface area contributed by atoms with Gasteiger partial charge in [-0.2, -0.15) is 0 Å². The van der Waals surface area contributed by atoms with Crippen LogP contribution < -0.4 is 21.3 Å². The maximum atomic E-state index is 11.9. The fourth-order valence-corrected chi connectivity index (χ4v) is 1.72. The van der Waals surface area contributed by atoms with Crippen molar-refractivity contribution in [1.29, 1.82) is 0 Å². The van der Waals surface area contributed by atoms with Gasteiger partial charge in [-0.3, -0.25) is 9.59 Å². The minimum absolute atomic E-state index is 0.0854. The summed E-state index contributed by atoms with van der Waals surface area (Å²) in [5.74, 6) is -0.604. The van der Waals surface area contributed by atoms with E-state index >= 15 is 0 Å². The van der Waals surface area contributed by atoms with Crippen molar-refractivity contribution < 1.29 is 14.3 Å². The Morgan fingerprint density at radius 1 is 1.29 bits per heavy atom. The number of nitrogens with two attached hydrogens (primary N) is 1. The number of nitrogens with one attached hydrogen (secondary N) is 2. The number of hydrogen-bond donors (Lipinski definition) is 3. The Bertz CT molecular complexity index is 503. The Kier molecular flexibility index (Phi) is 6.48. The molecule has 7 nitrogen and oxygen atoms in total. The van der Waals surface area contributed by atoms with Crippen LogP contribution >= 0.6 is 0 Å². The lowest BCUT2D eigenvalue weighted by Crippen LogP contribution is -2.38. The molecule has 1 aromatic carbocycles. The average molecular weight is 294 g/mol. The van der Waals surface area contributed by atoms with Crippen molar-refractivity contribution in [2.24, 2.45) is 0 Å². The van der Waals surface area contributed by atoms with E-state index in [-0.39, 0.29) is 18.4 Å². The molecule has 0 aliphatic rings. The predicted octanol–water partition coefficient (Wildman–Crippen LogP) is -0.173. The summed E-state index contributed by atoms with van der Waals surface area (Å²) in [7, 11) is 5.29. The summed E-state index contributed by atoms with van der Waals surface area (Å²) in [5, 5.41) is 5.16. The molecule has 0 spiro atoms. The van der Waals surface area contributed by atoms with Crippen molar-refractivity contribution in [3.63, 3.8) is 0 Å². The van der Waals surface area contributed by atoms with E-state index in [1.807, 2.05) is 19.0 Å². The molecule has 0 unspecified atom stereocenters. The number of nitrogen functional groups attached to an aromatic ring is 1. The van der Waals surface area contributed by atoms with Gasteiger partial charge in [0, 0.05) is 33.3 Å². The molecule has 1 rings (SSSR count). The summed E-state index contributed by atoms with van der Waals surface area (Å²) in [5.41, 5.74) is 7.65. The Balaban J connectivity index is 2.52. The van der Waals surface area contributed by atoms with Crippen molar-refractivity contribution in [2.75, 3.05) is 51.5 Å². The fourth-order valence-electron chi connectivity index (χ4n) is 1.72. The molecule has 2 amide bonds. The third-order valence-corrected chi connectivity index (χ3v) is 2.81. The van der Waals surface area contributed by atoms with E-state index in [0.717, 1.165) is 5.69 Å². The number of carbonyl (C=O) groups is 2. The number of carbonyl (C=O) groups excluding carboxylic acids is 2. The number of benzene rings is 1. The van der Waals surface area contributed by atoms with Crippen LogP contribution in [0.25, 0.3) is 0 Å². The van der Waals surface area contributed by atoms with Gasteiger partial charge in [0.1, 0.15) is 0 Å². The maximum absolute atomic E-state index is 11.9. The van der Waals surface area contributed by atoms with Gasteiger partial charge >= 0.3 is 0 Å². The first-order chi connectivity index (χ1) is 9.95. The van der Waals surface area contributed by atoms with Crippen molar-refractivity contribution in [1.82, 2.24) is 10.6 Å². The molecule has 0 aromatic heterocycles. The average Bonchev–Trinajstić information content (AvgIpc) is 2.44. The highest BCUT2D eigenvalue weighted by Gasteiger charge is 2.10. The molecule has 4 N–H and O–H groups in total. The topological polar surface area (TPSA) is 96.7 Å². The molecule has 21 heavy (non-hydrogen) atoms. The van der Waals surface area contributed by atoms with Crippen LogP contribution in [0.5, 0.6) is 0 Å². The first-order valence-electron chi connectivity index (χ1n) is 6.56. The summed E-state index contributed by atoms with van der Waals surface area (Å²) in [6.07, 6.45) is 0. The van der Waals surface area contributed by atoms with Gasteiger partial charge < -0.3 is 26.0 Å². The van der Waals surface area contributed by atoms with Gasteiger partial charge in [0.2, 0.25) is 5.91 Å². The largest absolute Gasteiger partial charge is 0.397 e. The predicted molar refractivity (Wildman–Crippen MR) is 82.4 cm³/mol. The summed E-state index contributed by atoms with van der Waals surface area (Å²) >= 11 is 0. The maximum Gasteiger partial charge on any atom is 0.251 e.